The maximum atomic E-state index is 5.10. The maximum Gasteiger partial charge on any atom is 2.00 e. The maximum absolute atomic E-state index is 5.10. The van der Waals surface area contributed by atoms with Crippen LogP contribution in [0.5, 0.6) is 0 Å². The summed E-state index contributed by atoms with van der Waals surface area (Å²) in [5.74, 6) is 0.858. The molecule has 0 saturated carbocycles. The molecule has 4 aromatic heterocycles. The van der Waals surface area contributed by atoms with Crippen LogP contribution in [0.2, 0.25) is 0 Å². The van der Waals surface area contributed by atoms with E-state index in [1.54, 1.807) is 0 Å². The molecule has 11 rings (SSSR count). The van der Waals surface area contributed by atoms with Crippen LogP contribution in [-0.2, 0) is 21.1 Å². The van der Waals surface area contributed by atoms with Gasteiger partial charge in [-0.2, -0.15) is 6.07 Å². The molecular formula is C45H25N5Pt. The van der Waals surface area contributed by atoms with Crippen molar-refractivity contribution in [3.63, 3.8) is 0 Å². The Morgan fingerprint density at radius 2 is 1.22 bits per heavy atom. The standard InChI is InChI=1S/C45H25N5.Pt/c1-2-11-30-24-38-37(23-29(30)10-1)47-27-39(48-38)31-16-19-36-42(25-31)49(41-21-17-28-9-3-4-12-33(28)45(36)41)32-18-20-35-34-13-5-6-14-40(34)50(43(35)26-32)44-15-7-8-22-46-44;/h1-24,27H;/q-2;+2. The molecule has 4 heterocycles. The van der Waals surface area contributed by atoms with Crippen molar-refractivity contribution < 1.29 is 21.1 Å². The third kappa shape index (κ3) is 4.48. The summed E-state index contributed by atoms with van der Waals surface area (Å²) in [6.45, 7) is 0. The van der Waals surface area contributed by atoms with Crippen molar-refractivity contribution in [2.24, 2.45) is 0 Å². The van der Waals surface area contributed by atoms with Crippen molar-refractivity contribution in [3.8, 4) is 22.8 Å². The fourth-order valence-electron chi connectivity index (χ4n) is 7.67. The van der Waals surface area contributed by atoms with E-state index in [9.17, 15) is 0 Å². The first-order chi connectivity index (χ1) is 24.8. The fourth-order valence-corrected chi connectivity index (χ4v) is 7.67. The SMILES string of the molecule is [Pt+2].[c-]1c(-n2c3[c-]c(-c4cnc5cc6ccccc6cc5n4)ccc3c3c4ccccc4ccc32)ccc2c3ccccc3n(-c3ccccn3)c12. The van der Waals surface area contributed by atoms with Gasteiger partial charge in [-0.05, 0) is 74.2 Å². The molecule has 0 atom stereocenters. The molecule has 0 unspecified atom stereocenters. The van der Waals surface area contributed by atoms with Gasteiger partial charge in [0.05, 0.1) is 11.0 Å². The number of para-hydroxylation sites is 1. The van der Waals surface area contributed by atoms with Gasteiger partial charge in [-0.3, -0.25) is 9.97 Å². The van der Waals surface area contributed by atoms with Crippen molar-refractivity contribution >= 4 is 76.2 Å². The molecule has 0 aliphatic rings. The third-order valence-electron chi connectivity index (χ3n) is 9.94. The van der Waals surface area contributed by atoms with Gasteiger partial charge in [0.25, 0.3) is 0 Å². The van der Waals surface area contributed by atoms with Crippen molar-refractivity contribution in [1.82, 2.24) is 24.1 Å². The van der Waals surface area contributed by atoms with E-state index in [2.05, 4.69) is 143 Å². The zero-order chi connectivity index (χ0) is 32.8. The van der Waals surface area contributed by atoms with Crippen LogP contribution in [0.1, 0.15) is 0 Å². The number of aromatic nitrogens is 5. The summed E-state index contributed by atoms with van der Waals surface area (Å²) < 4.78 is 4.50. The Morgan fingerprint density at radius 1 is 0.490 bits per heavy atom. The first-order valence-electron chi connectivity index (χ1n) is 16.7. The van der Waals surface area contributed by atoms with E-state index < -0.39 is 0 Å². The van der Waals surface area contributed by atoms with Crippen LogP contribution in [-0.4, -0.2) is 24.1 Å². The fraction of sp³-hybridized carbons (Fsp3) is 0. The molecule has 0 spiro atoms. The van der Waals surface area contributed by atoms with E-state index in [0.29, 0.717) is 0 Å². The van der Waals surface area contributed by atoms with E-state index in [4.69, 9.17) is 15.0 Å². The summed E-state index contributed by atoms with van der Waals surface area (Å²) >= 11 is 0. The quantitative estimate of drug-likeness (QED) is 0.132. The zero-order valence-electron chi connectivity index (χ0n) is 27.0. The molecule has 11 aromatic rings. The number of hydrogen-bond donors (Lipinski definition) is 0. The number of fused-ring (bicyclic) bond motifs is 10. The summed E-state index contributed by atoms with van der Waals surface area (Å²) in [6.07, 6.45) is 3.70. The summed E-state index contributed by atoms with van der Waals surface area (Å²) in [5.41, 5.74) is 8.47. The average molecular weight is 831 g/mol. The van der Waals surface area contributed by atoms with Gasteiger partial charge in [0, 0.05) is 29.1 Å². The van der Waals surface area contributed by atoms with Gasteiger partial charge in [-0.15, -0.1) is 41.3 Å². The van der Waals surface area contributed by atoms with Crippen molar-refractivity contribution in [2.45, 2.75) is 0 Å². The normalized spacial score (nSPS) is 11.8. The molecule has 5 nitrogen and oxygen atoms in total. The monoisotopic (exact) mass is 830 g/mol. The van der Waals surface area contributed by atoms with E-state index in [-0.39, 0.29) is 21.1 Å². The molecule has 0 aliphatic heterocycles. The molecule has 6 heteroatoms. The minimum atomic E-state index is 0. The van der Waals surface area contributed by atoms with Gasteiger partial charge >= 0.3 is 21.1 Å². The third-order valence-corrected chi connectivity index (χ3v) is 9.94. The molecule has 0 bridgehead atoms. The Labute approximate surface area is 306 Å². The Morgan fingerprint density at radius 3 is 2.06 bits per heavy atom. The van der Waals surface area contributed by atoms with Gasteiger partial charge in [0.15, 0.2) is 0 Å². The number of hydrogen-bond acceptors (Lipinski definition) is 3. The van der Waals surface area contributed by atoms with E-state index in [1.165, 1.54) is 21.5 Å². The van der Waals surface area contributed by atoms with Crippen LogP contribution >= 0.6 is 0 Å². The number of nitrogens with zero attached hydrogens (tertiary/aromatic N) is 5. The smallest absolute Gasteiger partial charge is 0.352 e. The Bertz CT molecular complexity index is 3160. The predicted molar refractivity (Wildman–Crippen MR) is 204 cm³/mol. The summed E-state index contributed by atoms with van der Waals surface area (Å²) in [4.78, 5) is 14.7. The Kier molecular flexibility index (Phi) is 6.67. The molecule has 0 N–H and O–H groups in total. The van der Waals surface area contributed by atoms with Gasteiger partial charge in [0.2, 0.25) is 0 Å². The molecular weight excluding hydrogens is 806 g/mol. The summed E-state index contributed by atoms with van der Waals surface area (Å²) in [6, 6.07) is 56.5. The zero-order valence-corrected chi connectivity index (χ0v) is 29.3. The van der Waals surface area contributed by atoms with Crippen LogP contribution < -0.4 is 0 Å². The minimum Gasteiger partial charge on any atom is -0.352 e. The van der Waals surface area contributed by atoms with Crippen molar-refractivity contribution in [3.05, 3.63) is 164 Å². The van der Waals surface area contributed by atoms with Gasteiger partial charge in [-0.1, -0.05) is 95.5 Å². The van der Waals surface area contributed by atoms with Crippen LogP contribution in [0.15, 0.2) is 152 Å². The average Bonchev–Trinajstić information content (AvgIpc) is 3.69. The predicted octanol–water partition coefficient (Wildman–Crippen LogP) is 10.8. The molecule has 0 fully saturated rings. The van der Waals surface area contributed by atoms with Crippen LogP contribution in [0.3, 0.4) is 0 Å². The first-order valence-corrected chi connectivity index (χ1v) is 16.7. The van der Waals surface area contributed by atoms with Gasteiger partial charge in [-0.25, -0.2) is 4.98 Å². The second-order valence-electron chi connectivity index (χ2n) is 12.7. The minimum absolute atomic E-state index is 0. The van der Waals surface area contributed by atoms with E-state index in [0.717, 1.165) is 77.4 Å². The van der Waals surface area contributed by atoms with E-state index >= 15 is 0 Å². The molecule has 0 saturated heterocycles. The number of rotatable bonds is 3. The van der Waals surface area contributed by atoms with E-state index in [1.807, 2.05) is 30.6 Å². The first kappa shape index (κ1) is 29.7. The largest absolute Gasteiger partial charge is 2.00 e. The Hall–Kier alpha value is -6.16. The summed E-state index contributed by atoms with van der Waals surface area (Å²) in [7, 11) is 0. The summed E-state index contributed by atoms with van der Waals surface area (Å²) in [5, 5.41) is 9.32. The van der Waals surface area contributed by atoms with Crippen LogP contribution in [0, 0.1) is 12.1 Å². The Balaban J connectivity index is 0.00000327. The van der Waals surface area contributed by atoms with Gasteiger partial charge in [0.1, 0.15) is 5.82 Å². The molecule has 51 heavy (non-hydrogen) atoms. The molecule has 0 radical (unpaired) electrons. The van der Waals surface area contributed by atoms with Crippen LogP contribution in [0.4, 0.5) is 0 Å². The van der Waals surface area contributed by atoms with Gasteiger partial charge < -0.3 is 9.13 Å². The second-order valence-corrected chi connectivity index (χ2v) is 12.7. The van der Waals surface area contributed by atoms with Crippen molar-refractivity contribution in [1.29, 1.82) is 0 Å². The topological polar surface area (TPSA) is 48.5 Å². The molecule has 240 valence electrons. The van der Waals surface area contributed by atoms with Crippen molar-refractivity contribution in [2.75, 3.05) is 0 Å². The number of benzene rings is 7. The molecule has 0 amide bonds. The van der Waals surface area contributed by atoms with Crippen LogP contribution in [0.25, 0.3) is 99.0 Å². The molecule has 0 aliphatic carbocycles. The molecule has 7 aromatic carbocycles. The number of pyridine rings is 1. The second kappa shape index (κ2) is 11.4.